The smallest absolute Gasteiger partial charge is 0.0302 e. The van der Waals surface area contributed by atoms with Gasteiger partial charge in [-0.15, -0.1) is 0 Å². The molecular weight excluding hydrogens is 234 g/mol. The van der Waals surface area contributed by atoms with Gasteiger partial charge >= 0.3 is 0 Å². The molecule has 0 amide bonds. The zero-order chi connectivity index (χ0) is 11.4. The second-order valence-electron chi connectivity index (χ2n) is 4.53. The topological polar surface area (TPSA) is 12.0 Å². The van der Waals surface area contributed by atoms with Gasteiger partial charge in [-0.2, -0.15) is 23.1 Å². The largest absolute Gasteiger partial charge is 0.307 e. The first-order valence-corrected chi connectivity index (χ1v) is 8.18. The summed E-state index contributed by atoms with van der Waals surface area (Å²) in [5.41, 5.74) is 1.44. The van der Waals surface area contributed by atoms with Gasteiger partial charge < -0.3 is 5.32 Å². The molecule has 3 heteroatoms. The van der Waals surface area contributed by atoms with Crippen molar-refractivity contribution in [3.8, 4) is 0 Å². The van der Waals surface area contributed by atoms with Crippen LogP contribution >= 0.6 is 23.1 Å². The Morgan fingerprint density at radius 2 is 2.44 bits per heavy atom. The lowest BCUT2D eigenvalue weighted by Crippen LogP contribution is -2.29. The fourth-order valence-corrected chi connectivity index (χ4v) is 4.35. The van der Waals surface area contributed by atoms with Crippen molar-refractivity contribution < 1.29 is 0 Å². The van der Waals surface area contributed by atoms with Crippen LogP contribution in [-0.4, -0.2) is 17.0 Å². The molecule has 1 N–H and O–H groups in total. The van der Waals surface area contributed by atoms with E-state index in [0.29, 0.717) is 6.04 Å². The van der Waals surface area contributed by atoms with Gasteiger partial charge in [0.15, 0.2) is 0 Å². The highest BCUT2D eigenvalue weighted by Crippen LogP contribution is 2.31. The lowest BCUT2D eigenvalue weighted by atomic mass is 10.1. The van der Waals surface area contributed by atoms with E-state index in [1.165, 1.54) is 30.6 Å². The molecule has 0 radical (unpaired) electrons. The standard InChI is InChI=1S/C13H21NS2/c1-3-16-13-5-4-12(8-13)14-10(2)11-6-7-15-9-11/h6-7,9-10,12-14H,3-5,8H2,1-2H3. The minimum absolute atomic E-state index is 0.515. The Labute approximate surface area is 107 Å². The first-order valence-electron chi connectivity index (χ1n) is 6.19. The summed E-state index contributed by atoms with van der Waals surface area (Å²) >= 11 is 3.92. The van der Waals surface area contributed by atoms with Crippen LogP contribution < -0.4 is 5.32 Å². The third-order valence-corrected chi connectivity index (χ3v) is 5.25. The van der Waals surface area contributed by atoms with Gasteiger partial charge in [0.25, 0.3) is 0 Å². The van der Waals surface area contributed by atoms with E-state index in [-0.39, 0.29) is 0 Å². The van der Waals surface area contributed by atoms with Crippen LogP contribution in [-0.2, 0) is 0 Å². The van der Waals surface area contributed by atoms with Crippen LogP contribution in [0.25, 0.3) is 0 Å². The summed E-state index contributed by atoms with van der Waals surface area (Å²) in [6, 6.07) is 3.48. The molecule has 0 aliphatic heterocycles. The van der Waals surface area contributed by atoms with E-state index in [9.17, 15) is 0 Å². The molecule has 1 aliphatic rings. The number of thioether (sulfide) groups is 1. The predicted molar refractivity (Wildman–Crippen MR) is 75.4 cm³/mol. The molecule has 1 aromatic rings. The Morgan fingerprint density at radius 1 is 1.56 bits per heavy atom. The molecule has 0 aromatic carbocycles. The summed E-state index contributed by atoms with van der Waals surface area (Å²) in [5.74, 6) is 1.26. The van der Waals surface area contributed by atoms with E-state index in [1.807, 2.05) is 0 Å². The van der Waals surface area contributed by atoms with Crippen LogP contribution in [0.3, 0.4) is 0 Å². The van der Waals surface area contributed by atoms with Gasteiger partial charge in [-0.05, 0) is 54.3 Å². The molecule has 3 unspecified atom stereocenters. The molecule has 1 nitrogen and oxygen atoms in total. The highest BCUT2D eigenvalue weighted by Gasteiger charge is 2.25. The molecular formula is C13H21NS2. The molecule has 1 aromatic heterocycles. The lowest BCUT2D eigenvalue weighted by Gasteiger charge is -2.18. The van der Waals surface area contributed by atoms with Gasteiger partial charge in [0, 0.05) is 17.3 Å². The number of nitrogens with one attached hydrogen (secondary N) is 1. The predicted octanol–water partition coefficient (Wildman–Crippen LogP) is 4.07. The Balaban J connectivity index is 1.78. The third kappa shape index (κ3) is 3.25. The summed E-state index contributed by atoms with van der Waals surface area (Å²) < 4.78 is 0. The minimum Gasteiger partial charge on any atom is -0.307 e. The van der Waals surface area contributed by atoms with Gasteiger partial charge in [0.1, 0.15) is 0 Å². The maximum atomic E-state index is 3.76. The van der Waals surface area contributed by atoms with E-state index in [2.05, 4.69) is 47.8 Å². The first kappa shape index (κ1) is 12.5. The second kappa shape index (κ2) is 6.08. The number of hydrogen-bond donors (Lipinski definition) is 1. The zero-order valence-electron chi connectivity index (χ0n) is 10.1. The van der Waals surface area contributed by atoms with Crippen molar-refractivity contribution >= 4 is 23.1 Å². The van der Waals surface area contributed by atoms with Gasteiger partial charge in [-0.25, -0.2) is 0 Å². The van der Waals surface area contributed by atoms with Gasteiger partial charge in [-0.3, -0.25) is 0 Å². The van der Waals surface area contributed by atoms with E-state index in [0.717, 1.165) is 11.3 Å². The monoisotopic (exact) mass is 255 g/mol. The third-order valence-electron chi connectivity index (χ3n) is 3.32. The highest BCUT2D eigenvalue weighted by atomic mass is 32.2. The van der Waals surface area contributed by atoms with Crippen molar-refractivity contribution in [1.82, 2.24) is 5.32 Å². The minimum atomic E-state index is 0.515. The van der Waals surface area contributed by atoms with Crippen molar-refractivity contribution in [2.75, 3.05) is 5.75 Å². The number of thiophene rings is 1. The molecule has 1 saturated carbocycles. The molecule has 0 spiro atoms. The van der Waals surface area contributed by atoms with Crippen LogP contribution in [0.4, 0.5) is 0 Å². The summed E-state index contributed by atoms with van der Waals surface area (Å²) in [7, 11) is 0. The normalized spacial score (nSPS) is 27.1. The molecule has 90 valence electrons. The molecule has 0 bridgehead atoms. The SMILES string of the molecule is CCSC1CCC(NC(C)c2ccsc2)C1. The van der Waals surface area contributed by atoms with Gasteiger partial charge in [0.2, 0.25) is 0 Å². The summed E-state index contributed by atoms with van der Waals surface area (Å²) in [4.78, 5) is 0. The van der Waals surface area contributed by atoms with E-state index >= 15 is 0 Å². The molecule has 0 saturated heterocycles. The van der Waals surface area contributed by atoms with Crippen molar-refractivity contribution in [2.45, 2.75) is 50.4 Å². The Hall–Kier alpha value is 0.01000. The van der Waals surface area contributed by atoms with Crippen molar-refractivity contribution in [3.05, 3.63) is 22.4 Å². The van der Waals surface area contributed by atoms with Gasteiger partial charge in [-0.1, -0.05) is 6.92 Å². The van der Waals surface area contributed by atoms with Crippen LogP contribution in [0.15, 0.2) is 16.8 Å². The van der Waals surface area contributed by atoms with Crippen molar-refractivity contribution in [3.63, 3.8) is 0 Å². The van der Waals surface area contributed by atoms with E-state index < -0.39 is 0 Å². The van der Waals surface area contributed by atoms with Crippen molar-refractivity contribution in [2.24, 2.45) is 0 Å². The fraction of sp³-hybridized carbons (Fsp3) is 0.692. The van der Waals surface area contributed by atoms with Crippen LogP contribution in [0.1, 0.15) is 44.7 Å². The maximum Gasteiger partial charge on any atom is 0.0302 e. The molecule has 16 heavy (non-hydrogen) atoms. The van der Waals surface area contributed by atoms with Crippen molar-refractivity contribution in [1.29, 1.82) is 0 Å². The van der Waals surface area contributed by atoms with E-state index in [4.69, 9.17) is 0 Å². The van der Waals surface area contributed by atoms with Crippen LogP contribution in [0.5, 0.6) is 0 Å². The number of rotatable bonds is 5. The van der Waals surface area contributed by atoms with Crippen LogP contribution in [0, 0.1) is 0 Å². The summed E-state index contributed by atoms with van der Waals surface area (Å²) in [6.07, 6.45) is 4.10. The number of hydrogen-bond acceptors (Lipinski definition) is 3. The average Bonchev–Trinajstić information content (AvgIpc) is 2.89. The Morgan fingerprint density at radius 3 is 3.12 bits per heavy atom. The molecule has 1 heterocycles. The molecule has 1 aliphatic carbocycles. The fourth-order valence-electron chi connectivity index (χ4n) is 2.45. The highest BCUT2D eigenvalue weighted by molar-refractivity contribution is 7.99. The van der Waals surface area contributed by atoms with Crippen LogP contribution in [0.2, 0.25) is 0 Å². The zero-order valence-corrected chi connectivity index (χ0v) is 11.7. The Bertz CT molecular complexity index is 297. The van der Waals surface area contributed by atoms with E-state index in [1.54, 1.807) is 11.3 Å². The molecule has 1 fully saturated rings. The summed E-state index contributed by atoms with van der Waals surface area (Å²) in [5, 5.41) is 9.08. The Kier molecular flexibility index (Phi) is 4.74. The molecule has 2 rings (SSSR count). The maximum absolute atomic E-state index is 3.76. The van der Waals surface area contributed by atoms with Gasteiger partial charge in [0.05, 0.1) is 0 Å². The lowest BCUT2D eigenvalue weighted by molar-refractivity contribution is 0.463. The molecule has 3 atom stereocenters. The summed E-state index contributed by atoms with van der Waals surface area (Å²) in [6.45, 7) is 4.54. The quantitative estimate of drug-likeness (QED) is 0.851. The second-order valence-corrected chi connectivity index (χ2v) is 6.89. The first-order chi connectivity index (χ1) is 7.79. The average molecular weight is 255 g/mol.